The number of ketones is 1. The van der Waals surface area contributed by atoms with Crippen LogP contribution in [0.4, 0.5) is 0 Å². The number of amides is 1. The predicted octanol–water partition coefficient (Wildman–Crippen LogP) is 6.03. The van der Waals surface area contributed by atoms with Gasteiger partial charge in [-0.2, -0.15) is 5.10 Å². The van der Waals surface area contributed by atoms with Crippen molar-refractivity contribution >= 4 is 38.8 Å². The van der Waals surface area contributed by atoms with Crippen molar-refractivity contribution in [3.8, 4) is 11.5 Å². The van der Waals surface area contributed by atoms with Gasteiger partial charge in [0.05, 0.1) is 19.9 Å². The second kappa shape index (κ2) is 12.1. The first kappa shape index (κ1) is 25.1. The molecule has 3 aromatic carbocycles. The third-order valence-electron chi connectivity index (χ3n) is 5.89. The highest BCUT2D eigenvalue weighted by molar-refractivity contribution is 7.17. The van der Waals surface area contributed by atoms with E-state index < -0.39 is 0 Å². The molecule has 0 aliphatic rings. The number of methoxy groups -OCH3 is 2. The molecule has 6 nitrogen and oxygen atoms in total. The number of carbonyl (C=O) groups excluding carboxylic acids is 2. The van der Waals surface area contributed by atoms with Crippen LogP contribution < -0.4 is 14.9 Å². The second-order valence-electron chi connectivity index (χ2n) is 8.22. The zero-order valence-corrected chi connectivity index (χ0v) is 21.1. The number of ether oxygens (including phenoxy) is 2. The average Bonchev–Trinajstić information content (AvgIpc) is 3.36. The van der Waals surface area contributed by atoms with Crippen LogP contribution in [0.3, 0.4) is 0 Å². The Morgan fingerprint density at radius 1 is 0.861 bits per heavy atom. The summed E-state index contributed by atoms with van der Waals surface area (Å²) in [7, 11) is 3.06. The summed E-state index contributed by atoms with van der Waals surface area (Å²) in [5, 5.41) is 7.71. The lowest BCUT2D eigenvalue weighted by Gasteiger charge is -2.09. The number of fused-ring (bicyclic) bond motifs is 1. The van der Waals surface area contributed by atoms with Crippen molar-refractivity contribution in [2.75, 3.05) is 14.2 Å². The Balaban J connectivity index is 1.44. The molecule has 0 aliphatic carbocycles. The van der Waals surface area contributed by atoms with Gasteiger partial charge in [-0.1, -0.05) is 48.5 Å². The first-order valence-electron chi connectivity index (χ1n) is 11.7. The molecule has 1 amide bonds. The number of hydrogen-bond donors (Lipinski definition) is 1. The van der Waals surface area contributed by atoms with Gasteiger partial charge in [-0.25, -0.2) is 5.43 Å². The van der Waals surface area contributed by atoms with Crippen molar-refractivity contribution in [2.24, 2.45) is 5.10 Å². The van der Waals surface area contributed by atoms with E-state index in [1.165, 1.54) is 24.5 Å². The lowest BCUT2D eigenvalue weighted by Crippen LogP contribution is -2.21. The van der Waals surface area contributed by atoms with Crippen LogP contribution in [0.2, 0.25) is 0 Å². The number of nitrogens with one attached hydrogen (secondary N) is 1. The van der Waals surface area contributed by atoms with Crippen molar-refractivity contribution in [1.82, 2.24) is 5.43 Å². The van der Waals surface area contributed by atoms with E-state index in [9.17, 15) is 9.59 Å². The average molecular weight is 501 g/mol. The van der Waals surface area contributed by atoms with E-state index in [1.54, 1.807) is 29.5 Å². The number of carbonyl (C=O) groups is 2. The first-order valence-corrected chi connectivity index (χ1v) is 12.6. The third kappa shape index (κ3) is 6.17. The molecular weight excluding hydrogens is 472 g/mol. The Hall–Kier alpha value is -3.97. The van der Waals surface area contributed by atoms with Crippen molar-refractivity contribution in [1.29, 1.82) is 0 Å². The van der Waals surface area contributed by atoms with Crippen molar-refractivity contribution in [2.45, 2.75) is 25.7 Å². The second-order valence-corrected chi connectivity index (χ2v) is 9.13. The van der Waals surface area contributed by atoms with Crippen LogP contribution in [0.25, 0.3) is 10.1 Å². The van der Waals surface area contributed by atoms with Crippen LogP contribution in [-0.4, -0.2) is 31.6 Å². The van der Waals surface area contributed by atoms with Gasteiger partial charge in [-0.3, -0.25) is 9.59 Å². The fourth-order valence-electron chi connectivity index (χ4n) is 3.93. The van der Waals surface area contributed by atoms with Gasteiger partial charge in [0.1, 0.15) is 0 Å². The molecule has 4 rings (SSSR count). The molecule has 1 N–H and O–H groups in total. The van der Waals surface area contributed by atoms with E-state index in [-0.39, 0.29) is 24.5 Å². The Morgan fingerprint density at radius 3 is 2.39 bits per heavy atom. The summed E-state index contributed by atoms with van der Waals surface area (Å²) in [5.74, 6) is 0.567. The molecule has 36 heavy (non-hydrogen) atoms. The van der Waals surface area contributed by atoms with Crippen molar-refractivity contribution in [3.63, 3.8) is 0 Å². The number of nitrogens with zero attached hydrogens (tertiary/aromatic N) is 1. The molecule has 0 saturated carbocycles. The van der Waals surface area contributed by atoms with Gasteiger partial charge in [0.2, 0.25) is 5.91 Å². The van der Waals surface area contributed by atoms with Crippen LogP contribution in [0.5, 0.6) is 11.5 Å². The monoisotopic (exact) mass is 500 g/mol. The molecule has 0 saturated heterocycles. The van der Waals surface area contributed by atoms with E-state index in [1.807, 2.05) is 30.3 Å². The number of hydrazone groups is 1. The molecule has 0 atom stereocenters. The standard InChI is InChI=1S/C29H28N2O4S/c1-34-26-16-13-21(18-27(26)35-2)25(32)15-17-29(33)31-30-24(14-12-20-8-4-3-5-9-20)23-19-36-28-11-7-6-10-22(23)28/h3-11,13,16,18-19H,12,14-15,17H2,1-2H3,(H,31,33)/b30-24+. The minimum absolute atomic E-state index is 0.0347. The number of Topliss-reactive ketones (excluding diaryl/α,β-unsaturated/α-hetero) is 1. The molecule has 7 heteroatoms. The summed E-state index contributed by atoms with van der Waals surface area (Å²) in [4.78, 5) is 25.2. The summed E-state index contributed by atoms with van der Waals surface area (Å²) < 4.78 is 11.7. The summed E-state index contributed by atoms with van der Waals surface area (Å²) in [6.45, 7) is 0. The molecule has 184 valence electrons. The molecule has 0 fully saturated rings. The third-order valence-corrected chi connectivity index (χ3v) is 6.85. The van der Waals surface area contributed by atoms with E-state index >= 15 is 0 Å². The Kier molecular flexibility index (Phi) is 8.47. The topological polar surface area (TPSA) is 77.0 Å². The highest BCUT2D eigenvalue weighted by atomic mass is 32.1. The van der Waals surface area contributed by atoms with Gasteiger partial charge in [0.15, 0.2) is 17.3 Å². The maximum Gasteiger partial charge on any atom is 0.240 e. The Morgan fingerprint density at radius 2 is 1.61 bits per heavy atom. The van der Waals surface area contributed by atoms with Gasteiger partial charge in [-0.15, -0.1) is 11.3 Å². The van der Waals surface area contributed by atoms with Crippen LogP contribution in [0, 0.1) is 0 Å². The van der Waals surface area contributed by atoms with Crippen molar-refractivity contribution < 1.29 is 19.1 Å². The smallest absolute Gasteiger partial charge is 0.240 e. The highest BCUT2D eigenvalue weighted by Gasteiger charge is 2.14. The molecule has 1 aromatic heterocycles. The summed E-state index contributed by atoms with van der Waals surface area (Å²) in [6.07, 6.45) is 1.58. The Labute approximate surface area is 214 Å². The van der Waals surface area contributed by atoms with Crippen LogP contribution >= 0.6 is 11.3 Å². The summed E-state index contributed by atoms with van der Waals surface area (Å²) in [6, 6.07) is 23.3. The van der Waals surface area contributed by atoms with Gasteiger partial charge >= 0.3 is 0 Å². The van der Waals surface area contributed by atoms with E-state index in [2.05, 4.69) is 40.2 Å². The predicted molar refractivity (Wildman–Crippen MR) is 144 cm³/mol. The van der Waals surface area contributed by atoms with Crippen molar-refractivity contribution in [3.05, 3.63) is 94.9 Å². The quantitative estimate of drug-likeness (QED) is 0.155. The molecule has 0 bridgehead atoms. The van der Waals surface area contributed by atoms with Crippen LogP contribution in [0.15, 0.2) is 83.3 Å². The van der Waals surface area contributed by atoms with Gasteiger partial charge in [0.25, 0.3) is 0 Å². The fraction of sp³-hybridized carbons (Fsp3) is 0.207. The highest BCUT2D eigenvalue weighted by Crippen LogP contribution is 2.29. The molecule has 4 aromatic rings. The minimum Gasteiger partial charge on any atom is -0.493 e. The SMILES string of the molecule is COc1ccc(C(=O)CCC(=O)N/N=C(\CCc2ccccc2)c2csc3ccccc23)cc1OC. The van der Waals surface area contributed by atoms with Crippen LogP contribution in [0.1, 0.15) is 40.7 Å². The molecule has 1 heterocycles. The van der Waals surface area contributed by atoms with E-state index in [0.717, 1.165) is 23.1 Å². The maximum absolute atomic E-state index is 12.6. The van der Waals surface area contributed by atoms with E-state index in [4.69, 9.17) is 9.47 Å². The first-order chi connectivity index (χ1) is 17.6. The summed E-state index contributed by atoms with van der Waals surface area (Å²) in [5.41, 5.74) is 6.19. The number of rotatable bonds is 11. The van der Waals surface area contributed by atoms with Crippen LogP contribution in [-0.2, 0) is 11.2 Å². The molecule has 0 unspecified atom stereocenters. The number of benzene rings is 3. The number of aryl methyl sites for hydroxylation is 1. The minimum atomic E-state index is -0.305. The number of hydrogen-bond acceptors (Lipinski definition) is 6. The van der Waals surface area contributed by atoms with E-state index in [0.29, 0.717) is 23.5 Å². The maximum atomic E-state index is 12.6. The lowest BCUT2D eigenvalue weighted by molar-refractivity contribution is -0.121. The molecule has 0 radical (unpaired) electrons. The fourth-order valence-corrected chi connectivity index (χ4v) is 4.90. The summed E-state index contributed by atoms with van der Waals surface area (Å²) >= 11 is 1.66. The zero-order chi connectivity index (χ0) is 25.3. The van der Waals surface area contributed by atoms with Gasteiger partial charge in [-0.05, 0) is 42.7 Å². The normalized spacial score (nSPS) is 11.3. The van der Waals surface area contributed by atoms with Gasteiger partial charge < -0.3 is 9.47 Å². The Bertz CT molecular complexity index is 1380. The number of thiophene rings is 1. The lowest BCUT2D eigenvalue weighted by atomic mass is 10.0. The molecule has 0 spiro atoms. The largest absolute Gasteiger partial charge is 0.493 e. The van der Waals surface area contributed by atoms with Gasteiger partial charge in [0, 0.05) is 39.4 Å². The molecule has 0 aliphatic heterocycles. The molecular formula is C29H28N2O4S. The zero-order valence-electron chi connectivity index (χ0n) is 20.3.